The van der Waals surface area contributed by atoms with E-state index in [4.69, 9.17) is 4.74 Å². The number of aliphatic hydroxyl groups excluding tert-OH is 1. The molecule has 4 nitrogen and oxygen atoms in total. The van der Waals surface area contributed by atoms with E-state index in [0.29, 0.717) is 6.54 Å². The molecule has 0 aromatic heterocycles. The highest BCUT2D eigenvalue weighted by atomic mass is 16.6. The van der Waals surface area contributed by atoms with Gasteiger partial charge in [-0.15, -0.1) is 0 Å². The summed E-state index contributed by atoms with van der Waals surface area (Å²) < 4.78 is 5.47. The molecule has 0 spiro atoms. The van der Waals surface area contributed by atoms with Gasteiger partial charge < -0.3 is 9.84 Å². The van der Waals surface area contributed by atoms with Crippen molar-refractivity contribution >= 4 is 6.09 Å². The minimum Gasteiger partial charge on any atom is -0.445 e. The maximum Gasteiger partial charge on any atom is 0.410 e. The molecule has 0 aliphatic rings. The minimum absolute atomic E-state index is 0.0923. The van der Waals surface area contributed by atoms with E-state index in [9.17, 15) is 9.90 Å². The van der Waals surface area contributed by atoms with Gasteiger partial charge in [0.2, 0.25) is 0 Å². The number of rotatable bonds is 7. The number of nitrogens with zero attached hydrogens (tertiary/aromatic N) is 1. The molecule has 1 N–H and O–H groups in total. The molecule has 0 aliphatic heterocycles. The van der Waals surface area contributed by atoms with Crippen LogP contribution in [0.15, 0.2) is 60.7 Å². The van der Waals surface area contributed by atoms with Crippen LogP contribution in [0.25, 0.3) is 0 Å². The molecule has 2 aromatic carbocycles. The fourth-order valence-corrected chi connectivity index (χ4v) is 2.57. The number of amides is 1. The second-order valence-corrected chi connectivity index (χ2v) is 6.15. The Morgan fingerprint density at radius 1 is 1.00 bits per heavy atom. The summed E-state index contributed by atoms with van der Waals surface area (Å²) in [5.74, 6) is 0.128. The number of ether oxygens (including phenoxy) is 1. The van der Waals surface area contributed by atoms with Gasteiger partial charge in [0.25, 0.3) is 0 Å². The van der Waals surface area contributed by atoms with Gasteiger partial charge in [-0.05, 0) is 17.0 Å². The van der Waals surface area contributed by atoms with Crippen molar-refractivity contribution < 1.29 is 14.6 Å². The van der Waals surface area contributed by atoms with Crippen molar-refractivity contribution in [1.82, 2.24) is 4.90 Å². The molecule has 0 radical (unpaired) electrons. The van der Waals surface area contributed by atoms with Crippen LogP contribution in [-0.4, -0.2) is 28.7 Å². The van der Waals surface area contributed by atoms with Gasteiger partial charge in [0, 0.05) is 6.54 Å². The third kappa shape index (κ3) is 5.10. The zero-order valence-corrected chi connectivity index (χ0v) is 14.3. The predicted octanol–water partition coefficient (Wildman–Crippen LogP) is 3.84. The molecule has 0 saturated heterocycles. The summed E-state index contributed by atoms with van der Waals surface area (Å²) >= 11 is 0. The molecule has 128 valence electrons. The van der Waals surface area contributed by atoms with Crippen molar-refractivity contribution in [2.45, 2.75) is 33.0 Å². The van der Waals surface area contributed by atoms with Gasteiger partial charge in [0.15, 0.2) is 0 Å². The van der Waals surface area contributed by atoms with E-state index < -0.39 is 6.09 Å². The Hall–Kier alpha value is -2.33. The van der Waals surface area contributed by atoms with Gasteiger partial charge >= 0.3 is 6.09 Å². The standard InChI is InChI=1S/C20H25NO3/c1-16(2)19(14-22)21(13-17-9-5-3-6-10-17)20(23)24-15-18-11-7-4-8-12-18/h3-12,16,19,22H,13-15H2,1-2H3. The van der Waals surface area contributed by atoms with E-state index >= 15 is 0 Å². The molecule has 2 aromatic rings. The molecule has 1 atom stereocenters. The molecule has 2 rings (SSSR count). The third-order valence-electron chi connectivity index (χ3n) is 3.99. The zero-order valence-electron chi connectivity index (χ0n) is 14.3. The van der Waals surface area contributed by atoms with Crippen LogP contribution < -0.4 is 0 Å². The molecular weight excluding hydrogens is 302 g/mol. The Morgan fingerprint density at radius 3 is 2.04 bits per heavy atom. The lowest BCUT2D eigenvalue weighted by Gasteiger charge is -2.32. The number of hydrogen-bond acceptors (Lipinski definition) is 3. The summed E-state index contributed by atoms with van der Waals surface area (Å²) in [6.45, 7) is 4.52. The van der Waals surface area contributed by atoms with Crippen LogP contribution in [0.2, 0.25) is 0 Å². The number of benzene rings is 2. The summed E-state index contributed by atoms with van der Waals surface area (Å²) in [5.41, 5.74) is 1.95. The van der Waals surface area contributed by atoms with Gasteiger partial charge in [0.1, 0.15) is 6.61 Å². The fraction of sp³-hybridized carbons (Fsp3) is 0.350. The highest BCUT2D eigenvalue weighted by molar-refractivity contribution is 5.68. The first-order chi connectivity index (χ1) is 11.6. The molecule has 0 saturated carbocycles. The SMILES string of the molecule is CC(C)C(CO)N(Cc1ccccc1)C(=O)OCc1ccccc1. The summed E-state index contributed by atoms with van der Waals surface area (Å²) in [6, 6.07) is 19.0. The van der Waals surface area contributed by atoms with Crippen molar-refractivity contribution in [2.24, 2.45) is 5.92 Å². The Bertz CT molecular complexity index is 613. The van der Waals surface area contributed by atoms with Gasteiger partial charge in [0.05, 0.1) is 12.6 Å². The lowest BCUT2D eigenvalue weighted by Crippen LogP contribution is -2.45. The number of aliphatic hydroxyl groups is 1. The van der Waals surface area contributed by atoms with E-state index in [1.807, 2.05) is 74.5 Å². The Balaban J connectivity index is 2.10. The van der Waals surface area contributed by atoms with E-state index in [1.165, 1.54) is 0 Å². The summed E-state index contributed by atoms with van der Waals surface area (Å²) in [4.78, 5) is 14.2. The highest BCUT2D eigenvalue weighted by Gasteiger charge is 2.27. The normalized spacial score (nSPS) is 12.0. The van der Waals surface area contributed by atoms with E-state index in [0.717, 1.165) is 11.1 Å². The van der Waals surface area contributed by atoms with Gasteiger partial charge in [-0.25, -0.2) is 4.79 Å². The van der Waals surface area contributed by atoms with Crippen LogP contribution in [0, 0.1) is 5.92 Å². The second-order valence-electron chi connectivity index (χ2n) is 6.15. The Labute approximate surface area is 143 Å². The monoisotopic (exact) mass is 327 g/mol. The quantitative estimate of drug-likeness (QED) is 0.840. The van der Waals surface area contributed by atoms with Crippen LogP contribution >= 0.6 is 0 Å². The van der Waals surface area contributed by atoms with Crippen molar-refractivity contribution in [2.75, 3.05) is 6.61 Å². The van der Waals surface area contributed by atoms with E-state index in [1.54, 1.807) is 4.90 Å². The number of carbonyl (C=O) groups excluding carboxylic acids is 1. The topological polar surface area (TPSA) is 49.8 Å². The van der Waals surface area contributed by atoms with Gasteiger partial charge in [-0.2, -0.15) is 0 Å². The average Bonchev–Trinajstić information content (AvgIpc) is 2.61. The molecule has 0 heterocycles. The summed E-state index contributed by atoms with van der Waals surface area (Å²) in [6.07, 6.45) is -0.407. The Morgan fingerprint density at radius 2 is 1.54 bits per heavy atom. The highest BCUT2D eigenvalue weighted by Crippen LogP contribution is 2.17. The van der Waals surface area contributed by atoms with E-state index in [2.05, 4.69) is 0 Å². The molecule has 4 heteroatoms. The molecule has 0 fully saturated rings. The molecular formula is C20H25NO3. The van der Waals surface area contributed by atoms with Crippen LogP contribution in [0.3, 0.4) is 0 Å². The van der Waals surface area contributed by atoms with Crippen molar-refractivity contribution in [3.05, 3.63) is 71.8 Å². The Kier molecular flexibility index (Phi) is 6.82. The summed E-state index contributed by atoms with van der Waals surface area (Å²) in [7, 11) is 0. The van der Waals surface area contributed by atoms with E-state index in [-0.39, 0.29) is 25.2 Å². The number of carbonyl (C=O) groups is 1. The largest absolute Gasteiger partial charge is 0.445 e. The van der Waals surface area contributed by atoms with Crippen molar-refractivity contribution in [1.29, 1.82) is 0 Å². The fourth-order valence-electron chi connectivity index (χ4n) is 2.57. The molecule has 1 unspecified atom stereocenters. The first kappa shape index (κ1) is 18.0. The molecule has 1 amide bonds. The van der Waals surface area contributed by atoms with Crippen LogP contribution in [-0.2, 0) is 17.9 Å². The predicted molar refractivity (Wildman–Crippen MR) is 94.3 cm³/mol. The van der Waals surface area contributed by atoms with Gasteiger partial charge in [-0.3, -0.25) is 4.90 Å². The summed E-state index contributed by atoms with van der Waals surface area (Å²) in [5, 5.41) is 9.73. The van der Waals surface area contributed by atoms with Crippen molar-refractivity contribution in [3.8, 4) is 0 Å². The minimum atomic E-state index is -0.407. The van der Waals surface area contributed by atoms with Gasteiger partial charge in [-0.1, -0.05) is 74.5 Å². The average molecular weight is 327 g/mol. The van der Waals surface area contributed by atoms with Crippen LogP contribution in [0.5, 0.6) is 0 Å². The maximum atomic E-state index is 12.6. The smallest absolute Gasteiger partial charge is 0.410 e. The van der Waals surface area contributed by atoms with Crippen molar-refractivity contribution in [3.63, 3.8) is 0 Å². The molecule has 24 heavy (non-hydrogen) atoms. The molecule has 0 bridgehead atoms. The lowest BCUT2D eigenvalue weighted by atomic mass is 10.0. The third-order valence-corrected chi connectivity index (χ3v) is 3.99. The number of hydrogen-bond donors (Lipinski definition) is 1. The van der Waals surface area contributed by atoms with Crippen LogP contribution in [0.4, 0.5) is 4.79 Å². The first-order valence-corrected chi connectivity index (χ1v) is 8.24. The molecule has 0 aliphatic carbocycles. The zero-order chi connectivity index (χ0) is 17.4. The second kappa shape index (κ2) is 9.08. The first-order valence-electron chi connectivity index (χ1n) is 8.24. The lowest BCUT2D eigenvalue weighted by molar-refractivity contribution is 0.0469. The van der Waals surface area contributed by atoms with Crippen LogP contribution in [0.1, 0.15) is 25.0 Å². The maximum absolute atomic E-state index is 12.6.